The van der Waals surface area contributed by atoms with Crippen LogP contribution >= 0.6 is 0 Å². The van der Waals surface area contributed by atoms with Crippen LogP contribution in [0.2, 0.25) is 0 Å². The Kier molecular flexibility index (Phi) is 3.92. The fourth-order valence-electron chi connectivity index (χ4n) is 4.23. The Morgan fingerprint density at radius 3 is 2.70 bits per heavy atom. The normalized spacial score (nSPS) is 18.7. The van der Waals surface area contributed by atoms with E-state index in [1.54, 1.807) is 13.2 Å². The second-order valence-electron chi connectivity index (χ2n) is 7.73. The molecule has 4 rings (SSSR count). The number of hydrogen-bond acceptors (Lipinski definition) is 3. The van der Waals surface area contributed by atoms with E-state index in [4.69, 9.17) is 9.47 Å². The standard InChI is InChI=1S/C24H25NO2/c1-7-14(2)23-22-16(21-18(26-6)9-8-10-19(21)27-23)11-12-17-20(22)15(3)13-24(4,5)25-17/h7-13,23,25H,1-2H2,3-6H3. The van der Waals surface area contributed by atoms with Crippen molar-refractivity contribution in [2.75, 3.05) is 12.4 Å². The van der Waals surface area contributed by atoms with Gasteiger partial charge in [0.15, 0.2) is 0 Å². The Labute approximate surface area is 161 Å². The summed E-state index contributed by atoms with van der Waals surface area (Å²) in [6, 6.07) is 10.2. The molecule has 0 radical (unpaired) electrons. The topological polar surface area (TPSA) is 30.5 Å². The van der Waals surface area contributed by atoms with Gasteiger partial charge in [0.05, 0.1) is 18.2 Å². The first-order chi connectivity index (χ1) is 12.9. The highest BCUT2D eigenvalue weighted by molar-refractivity contribution is 5.91. The SMILES string of the molecule is C=CC(=C)C1Oc2cccc(OC)c2-c2ccc3c(c21)C(C)=CC(C)(C)N3. The molecule has 0 amide bonds. The van der Waals surface area contributed by atoms with Crippen LogP contribution in [0.25, 0.3) is 16.7 Å². The van der Waals surface area contributed by atoms with E-state index in [1.807, 2.05) is 18.2 Å². The summed E-state index contributed by atoms with van der Waals surface area (Å²) in [7, 11) is 1.69. The van der Waals surface area contributed by atoms with Crippen LogP contribution in [0, 0.1) is 0 Å². The number of ether oxygens (including phenoxy) is 2. The summed E-state index contributed by atoms with van der Waals surface area (Å²) in [6.45, 7) is 14.6. The minimum Gasteiger partial charge on any atom is -0.496 e. The van der Waals surface area contributed by atoms with Crippen LogP contribution in [0.5, 0.6) is 11.5 Å². The van der Waals surface area contributed by atoms with Crippen LogP contribution in [-0.4, -0.2) is 12.6 Å². The Morgan fingerprint density at radius 1 is 1.22 bits per heavy atom. The van der Waals surface area contributed by atoms with Crippen LogP contribution in [0.15, 0.2) is 61.2 Å². The minimum atomic E-state index is -0.279. The number of anilines is 1. The van der Waals surface area contributed by atoms with E-state index in [0.717, 1.165) is 39.4 Å². The average Bonchev–Trinajstić information content (AvgIpc) is 2.64. The highest BCUT2D eigenvalue weighted by atomic mass is 16.5. The van der Waals surface area contributed by atoms with Crippen molar-refractivity contribution in [1.82, 2.24) is 0 Å². The van der Waals surface area contributed by atoms with Gasteiger partial charge in [0, 0.05) is 16.8 Å². The van der Waals surface area contributed by atoms with Crippen molar-refractivity contribution in [3.05, 3.63) is 72.3 Å². The summed E-state index contributed by atoms with van der Waals surface area (Å²) < 4.78 is 12.1. The van der Waals surface area contributed by atoms with Crippen molar-refractivity contribution >= 4 is 11.3 Å². The van der Waals surface area contributed by atoms with Gasteiger partial charge in [-0.2, -0.15) is 0 Å². The van der Waals surface area contributed by atoms with E-state index in [-0.39, 0.29) is 11.6 Å². The summed E-state index contributed by atoms with van der Waals surface area (Å²) in [4.78, 5) is 0. The summed E-state index contributed by atoms with van der Waals surface area (Å²) in [5, 5.41) is 3.63. The van der Waals surface area contributed by atoms with Crippen molar-refractivity contribution < 1.29 is 9.47 Å². The Bertz CT molecular complexity index is 998. The van der Waals surface area contributed by atoms with Crippen LogP contribution in [-0.2, 0) is 0 Å². The summed E-state index contributed by atoms with van der Waals surface area (Å²) in [6.07, 6.45) is 3.76. The number of allylic oxidation sites excluding steroid dienone is 1. The predicted octanol–water partition coefficient (Wildman–Crippen LogP) is 6.15. The summed E-state index contributed by atoms with van der Waals surface area (Å²) >= 11 is 0. The van der Waals surface area contributed by atoms with E-state index < -0.39 is 0 Å². The average molecular weight is 359 g/mol. The highest BCUT2D eigenvalue weighted by Crippen LogP contribution is 2.53. The summed E-state index contributed by atoms with van der Waals surface area (Å²) in [5.41, 5.74) is 7.50. The molecule has 2 aromatic rings. The zero-order valence-electron chi connectivity index (χ0n) is 16.3. The number of rotatable bonds is 3. The molecule has 0 fully saturated rings. The molecule has 0 bridgehead atoms. The van der Waals surface area contributed by atoms with E-state index in [1.165, 1.54) is 11.1 Å². The molecule has 0 saturated carbocycles. The molecule has 1 N–H and O–H groups in total. The Balaban J connectivity index is 2.06. The van der Waals surface area contributed by atoms with E-state index in [9.17, 15) is 0 Å². The lowest BCUT2D eigenvalue weighted by Crippen LogP contribution is -2.32. The van der Waals surface area contributed by atoms with Crippen LogP contribution in [0.3, 0.4) is 0 Å². The Morgan fingerprint density at radius 2 is 2.00 bits per heavy atom. The zero-order chi connectivity index (χ0) is 19.3. The maximum Gasteiger partial charge on any atom is 0.150 e. The lowest BCUT2D eigenvalue weighted by Gasteiger charge is -2.37. The van der Waals surface area contributed by atoms with Gasteiger partial charge in [0.25, 0.3) is 0 Å². The second kappa shape index (κ2) is 6.05. The lowest BCUT2D eigenvalue weighted by molar-refractivity contribution is 0.241. The molecule has 3 heteroatoms. The number of nitrogens with one attached hydrogen (secondary N) is 1. The monoisotopic (exact) mass is 359 g/mol. The maximum absolute atomic E-state index is 6.41. The van der Waals surface area contributed by atoms with Crippen LogP contribution in [0.1, 0.15) is 38.0 Å². The molecule has 1 atom stereocenters. The van der Waals surface area contributed by atoms with Crippen molar-refractivity contribution in [3.8, 4) is 22.6 Å². The van der Waals surface area contributed by atoms with Gasteiger partial charge in [-0.3, -0.25) is 0 Å². The smallest absolute Gasteiger partial charge is 0.150 e. The molecule has 2 heterocycles. The van der Waals surface area contributed by atoms with Crippen molar-refractivity contribution in [3.63, 3.8) is 0 Å². The molecule has 2 aliphatic heterocycles. The molecule has 0 spiro atoms. The highest BCUT2D eigenvalue weighted by Gasteiger charge is 2.35. The molecule has 2 aromatic carbocycles. The Hall–Kier alpha value is -2.94. The van der Waals surface area contributed by atoms with Gasteiger partial charge in [-0.1, -0.05) is 37.4 Å². The first-order valence-corrected chi connectivity index (χ1v) is 9.16. The zero-order valence-corrected chi connectivity index (χ0v) is 16.3. The molecule has 3 nitrogen and oxygen atoms in total. The molecule has 27 heavy (non-hydrogen) atoms. The third kappa shape index (κ3) is 2.66. The minimum absolute atomic E-state index is 0.0958. The molecule has 0 saturated heterocycles. The first kappa shape index (κ1) is 17.5. The van der Waals surface area contributed by atoms with E-state index in [2.05, 4.69) is 57.5 Å². The van der Waals surface area contributed by atoms with Crippen molar-refractivity contribution in [1.29, 1.82) is 0 Å². The molecule has 1 unspecified atom stereocenters. The van der Waals surface area contributed by atoms with E-state index >= 15 is 0 Å². The molecule has 2 aliphatic rings. The van der Waals surface area contributed by atoms with Crippen molar-refractivity contribution in [2.45, 2.75) is 32.4 Å². The molecular weight excluding hydrogens is 334 g/mol. The fourth-order valence-corrected chi connectivity index (χ4v) is 4.23. The maximum atomic E-state index is 6.41. The second-order valence-corrected chi connectivity index (χ2v) is 7.73. The van der Waals surface area contributed by atoms with Gasteiger partial charge in [0.2, 0.25) is 0 Å². The van der Waals surface area contributed by atoms with Gasteiger partial charge >= 0.3 is 0 Å². The number of hydrogen-bond donors (Lipinski definition) is 1. The molecule has 138 valence electrons. The lowest BCUT2D eigenvalue weighted by atomic mass is 9.80. The number of fused-ring (bicyclic) bond motifs is 5. The summed E-state index contributed by atoms with van der Waals surface area (Å²) in [5.74, 6) is 1.61. The largest absolute Gasteiger partial charge is 0.496 e. The van der Waals surface area contributed by atoms with E-state index in [0.29, 0.717) is 0 Å². The van der Waals surface area contributed by atoms with Crippen LogP contribution in [0.4, 0.5) is 5.69 Å². The van der Waals surface area contributed by atoms with Gasteiger partial charge in [-0.05, 0) is 55.7 Å². The molecule has 0 aliphatic carbocycles. The number of benzene rings is 2. The first-order valence-electron chi connectivity index (χ1n) is 9.16. The molecular formula is C24H25NO2. The quantitative estimate of drug-likeness (QED) is 0.667. The third-order valence-corrected chi connectivity index (χ3v) is 5.26. The molecule has 0 aromatic heterocycles. The van der Waals surface area contributed by atoms with Gasteiger partial charge in [-0.25, -0.2) is 0 Å². The van der Waals surface area contributed by atoms with Crippen molar-refractivity contribution in [2.24, 2.45) is 0 Å². The fraction of sp³-hybridized carbons (Fsp3) is 0.250. The van der Waals surface area contributed by atoms with Gasteiger partial charge < -0.3 is 14.8 Å². The third-order valence-electron chi connectivity index (χ3n) is 5.26. The number of methoxy groups -OCH3 is 1. The predicted molar refractivity (Wildman–Crippen MR) is 112 cm³/mol. The van der Waals surface area contributed by atoms with Gasteiger partial charge in [-0.15, -0.1) is 0 Å². The van der Waals surface area contributed by atoms with Crippen LogP contribution < -0.4 is 14.8 Å². The van der Waals surface area contributed by atoms with Gasteiger partial charge in [0.1, 0.15) is 17.6 Å².